The summed E-state index contributed by atoms with van der Waals surface area (Å²) < 4.78 is 26.3. The van der Waals surface area contributed by atoms with Gasteiger partial charge in [0.2, 0.25) is 9.84 Å². The monoisotopic (exact) mass is 410 g/mol. The lowest BCUT2D eigenvalue weighted by Gasteiger charge is -2.10. The Hall–Kier alpha value is -3.92. The van der Waals surface area contributed by atoms with Gasteiger partial charge < -0.3 is 15.5 Å². The predicted molar refractivity (Wildman–Crippen MR) is 105 cm³/mol. The second-order valence-electron chi connectivity index (χ2n) is 6.10. The summed E-state index contributed by atoms with van der Waals surface area (Å²) in [4.78, 5) is 30.0. The lowest BCUT2D eigenvalue weighted by Crippen LogP contribution is -2.33. The summed E-state index contributed by atoms with van der Waals surface area (Å²) in [5.41, 5.74) is -1.81. The number of benzene rings is 2. The van der Waals surface area contributed by atoms with Gasteiger partial charge in [-0.1, -0.05) is 22.9 Å². The van der Waals surface area contributed by atoms with Gasteiger partial charge in [-0.25, -0.2) is 18.2 Å². The van der Waals surface area contributed by atoms with Gasteiger partial charge >= 0.3 is 5.69 Å². The molecule has 0 bridgehead atoms. The van der Waals surface area contributed by atoms with E-state index in [-0.39, 0.29) is 25.4 Å². The summed E-state index contributed by atoms with van der Waals surface area (Å²) in [7, 11) is -4.09. The highest BCUT2D eigenvalue weighted by Gasteiger charge is 2.23. The molecule has 9 nitrogen and oxygen atoms in total. The van der Waals surface area contributed by atoms with Crippen LogP contribution in [0.3, 0.4) is 0 Å². The highest BCUT2D eigenvalue weighted by atomic mass is 32.2. The molecule has 0 spiro atoms. The number of para-hydroxylation sites is 1. The van der Waals surface area contributed by atoms with Gasteiger partial charge in [-0.15, -0.1) is 0 Å². The van der Waals surface area contributed by atoms with Crippen LogP contribution in [-0.2, 0) is 9.84 Å². The SMILES string of the molecule is O=c1[nH]c2c(S(=O)(=O)c3cccc(Nc4ccccn4)c3)cccc2c(=O)n1O. The Bertz CT molecular complexity index is 1440. The molecule has 0 aliphatic carbocycles. The van der Waals surface area contributed by atoms with Crippen LogP contribution in [-0.4, -0.2) is 28.3 Å². The van der Waals surface area contributed by atoms with Gasteiger partial charge in [0.15, 0.2) is 0 Å². The molecule has 0 radical (unpaired) electrons. The molecule has 2 aromatic heterocycles. The van der Waals surface area contributed by atoms with Crippen molar-refractivity contribution in [2.75, 3.05) is 5.32 Å². The fourth-order valence-electron chi connectivity index (χ4n) is 2.88. The number of aromatic nitrogens is 3. The van der Waals surface area contributed by atoms with E-state index in [4.69, 9.17) is 0 Å². The average Bonchev–Trinajstić information content (AvgIpc) is 2.73. The number of H-pyrrole nitrogens is 1. The minimum absolute atomic E-state index is 0.0417. The number of fused-ring (bicyclic) bond motifs is 1. The number of hydrogen-bond donors (Lipinski definition) is 3. The molecule has 0 amide bonds. The van der Waals surface area contributed by atoms with Crippen LogP contribution < -0.4 is 16.6 Å². The van der Waals surface area contributed by atoms with Crippen LogP contribution in [0.5, 0.6) is 0 Å². The maximum atomic E-state index is 13.2. The molecule has 2 aromatic carbocycles. The Kier molecular flexibility index (Phi) is 4.40. The van der Waals surface area contributed by atoms with Crippen molar-refractivity contribution in [2.24, 2.45) is 0 Å². The first kappa shape index (κ1) is 18.4. The van der Waals surface area contributed by atoms with Crippen LogP contribution in [0, 0.1) is 0 Å². The van der Waals surface area contributed by atoms with Gasteiger partial charge in [-0.2, -0.15) is 0 Å². The van der Waals surface area contributed by atoms with Crippen molar-refractivity contribution in [1.29, 1.82) is 0 Å². The number of hydrogen-bond acceptors (Lipinski definition) is 7. The highest BCUT2D eigenvalue weighted by Crippen LogP contribution is 2.27. The predicted octanol–water partition coefficient (Wildman–Crippen LogP) is 1.90. The molecule has 146 valence electrons. The van der Waals surface area contributed by atoms with Crippen molar-refractivity contribution < 1.29 is 13.6 Å². The Morgan fingerprint density at radius 1 is 1.00 bits per heavy atom. The molecule has 10 heteroatoms. The van der Waals surface area contributed by atoms with Crippen LogP contribution in [0.4, 0.5) is 11.5 Å². The van der Waals surface area contributed by atoms with Crippen LogP contribution in [0.25, 0.3) is 10.9 Å². The summed E-state index contributed by atoms with van der Waals surface area (Å²) in [6, 6.07) is 15.3. The summed E-state index contributed by atoms with van der Waals surface area (Å²) >= 11 is 0. The van der Waals surface area contributed by atoms with Crippen LogP contribution in [0.2, 0.25) is 0 Å². The Balaban J connectivity index is 1.85. The fraction of sp³-hybridized carbons (Fsp3) is 0. The molecule has 0 saturated carbocycles. The number of rotatable bonds is 4. The largest absolute Gasteiger partial charge is 0.421 e. The fourth-order valence-corrected chi connectivity index (χ4v) is 4.36. The van der Waals surface area contributed by atoms with Crippen LogP contribution in [0.1, 0.15) is 0 Å². The molecule has 4 aromatic rings. The highest BCUT2D eigenvalue weighted by molar-refractivity contribution is 7.91. The van der Waals surface area contributed by atoms with Crippen LogP contribution in [0.15, 0.2) is 86.2 Å². The van der Waals surface area contributed by atoms with Gasteiger partial charge in [0, 0.05) is 11.9 Å². The van der Waals surface area contributed by atoms with E-state index >= 15 is 0 Å². The van der Waals surface area contributed by atoms with E-state index in [0.717, 1.165) is 0 Å². The second kappa shape index (κ2) is 6.91. The van der Waals surface area contributed by atoms with Gasteiger partial charge in [0.05, 0.1) is 20.7 Å². The van der Waals surface area contributed by atoms with Crippen molar-refractivity contribution in [1.82, 2.24) is 14.7 Å². The van der Waals surface area contributed by atoms with Gasteiger partial charge in [-0.05, 0) is 42.5 Å². The zero-order valence-electron chi connectivity index (χ0n) is 14.7. The standard InChI is InChI=1S/C19H14N4O5S/c24-18-14-7-4-8-15(17(14)22-19(25)23(18)26)29(27,28)13-6-3-5-12(11-13)21-16-9-1-2-10-20-16/h1-11,26H,(H,20,21)(H,22,25). The molecule has 0 fully saturated rings. The smallest absolute Gasteiger partial charge is 0.362 e. The molecule has 0 saturated heterocycles. The third-order valence-electron chi connectivity index (χ3n) is 4.24. The molecule has 0 aliphatic rings. The van der Waals surface area contributed by atoms with Crippen molar-refractivity contribution in [3.05, 3.63) is 87.7 Å². The maximum Gasteiger partial charge on any atom is 0.362 e. The number of sulfone groups is 1. The third-order valence-corrected chi connectivity index (χ3v) is 6.04. The van der Waals surface area contributed by atoms with Crippen molar-refractivity contribution >= 4 is 32.2 Å². The quantitative estimate of drug-likeness (QED) is 0.437. The molecular weight excluding hydrogens is 396 g/mol. The second-order valence-corrected chi connectivity index (χ2v) is 8.02. The zero-order valence-corrected chi connectivity index (χ0v) is 15.6. The first-order valence-electron chi connectivity index (χ1n) is 8.38. The average molecular weight is 410 g/mol. The minimum Gasteiger partial charge on any atom is -0.421 e. The van der Waals surface area contributed by atoms with E-state index in [0.29, 0.717) is 11.5 Å². The summed E-state index contributed by atoms with van der Waals surface area (Å²) in [5.74, 6) is 0.542. The Morgan fingerprint density at radius 3 is 2.55 bits per heavy atom. The number of anilines is 2. The Morgan fingerprint density at radius 2 is 1.79 bits per heavy atom. The number of aromatic amines is 1. The lowest BCUT2D eigenvalue weighted by atomic mass is 10.2. The molecule has 3 N–H and O–H groups in total. The van der Waals surface area contributed by atoms with Crippen molar-refractivity contribution in [3.8, 4) is 0 Å². The normalized spacial score (nSPS) is 11.4. The first-order chi connectivity index (χ1) is 13.9. The van der Waals surface area contributed by atoms with Gasteiger partial charge in [0.1, 0.15) is 5.82 Å². The maximum absolute atomic E-state index is 13.2. The molecule has 4 rings (SSSR count). The Labute approximate surface area is 163 Å². The first-order valence-corrected chi connectivity index (χ1v) is 9.87. The number of pyridine rings is 1. The van der Waals surface area contributed by atoms with E-state index in [9.17, 15) is 23.2 Å². The topological polar surface area (TPSA) is 134 Å². The summed E-state index contributed by atoms with van der Waals surface area (Å²) in [5, 5.41) is 12.4. The zero-order chi connectivity index (χ0) is 20.6. The van der Waals surface area contributed by atoms with E-state index in [2.05, 4.69) is 15.3 Å². The lowest BCUT2D eigenvalue weighted by molar-refractivity contribution is 0.162. The van der Waals surface area contributed by atoms with E-state index < -0.39 is 21.1 Å². The molecule has 2 heterocycles. The molecule has 0 aliphatic heterocycles. The van der Waals surface area contributed by atoms with Crippen LogP contribution >= 0.6 is 0 Å². The van der Waals surface area contributed by atoms with Gasteiger partial charge in [-0.3, -0.25) is 4.79 Å². The molecule has 29 heavy (non-hydrogen) atoms. The van der Waals surface area contributed by atoms with Crippen molar-refractivity contribution in [2.45, 2.75) is 9.79 Å². The van der Waals surface area contributed by atoms with E-state index in [1.54, 1.807) is 36.5 Å². The molecule has 0 atom stereocenters. The van der Waals surface area contributed by atoms with Gasteiger partial charge in [0.25, 0.3) is 5.56 Å². The van der Waals surface area contributed by atoms with E-state index in [1.165, 1.54) is 30.3 Å². The summed E-state index contributed by atoms with van der Waals surface area (Å²) in [6.45, 7) is 0. The number of nitrogens with zero attached hydrogens (tertiary/aromatic N) is 2. The molecular formula is C19H14N4O5S. The van der Waals surface area contributed by atoms with Crippen molar-refractivity contribution in [3.63, 3.8) is 0 Å². The summed E-state index contributed by atoms with van der Waals surface area (Å²) in [6.07, 6.45) is 1.60. The van der Waals surface area contributed by atoms with E-state index in [1.807, 2.05) is 0 Å². The molecule has 0 unspecified atom stereocenters. The third kappa shape index (κ3) is 3.25. The minimum atomic E-state index is -4.09. The number of nitrogens with one attached hydrogen (secondary N) is 2.